The first-order valence-electron chi connectivity index (χ1n) is 5.64. The van der Waals surface area contributed by atoms with Gasteiger partial charge < -0.3 is 15.2 Å². The number of hydrogen-bond donors (Lipinski definition) is 2. The van der Waals surface area contributed by atoms with Crippen molar-refractivity contribution in [2.75, 3.05) is 31.7 Å². The van der Waals surface area contributed by atoms with Crippen LogP contribution in [0, 0.1) is 0 Å². The first-order chi connectivity index (χ1) is 7.90. The molecule has 0 amide bonds. The van der Waals surface area contributed by atoms with Gasteiger partial charge in [-0.05, 0) is 12.8 Å². The lowest BCUT2D eigenvalue weighted by Gasteiger charge is -2.09. The first kappa shape index (κ1) is 11.3. The van der Waals surface area contributed by atoms with Gasteiger partial charge in [0.1, 0.15) is 12.1 Å². The van der Waals surface area contributed by atoms with Crippen molar-refractivity contribution in [3.63, 3.8) is 0 Å². The number of anilines is 1. The van der Waals surface area contributed by atoms with Crippen LogP contribution in [0.4, 0.5) is 5.82 Å². The SMILES string of the molecule is OCCCNc1cc(C2CCOC2)ncn1. The highest BCUT2D eigenvalue weighted by Crippen LogP contribution is 2.24. The van der Waals surface area contributed by atoms with E-state index in [1.54, 1.807) is 6.33 Å². The zero-order valence-corrected chi connectivity index (χ0v) is 9.22. The molecule has 2 heterocycles. The lowest BCUT2D eigenvalue weighted by Crippen LogP contribution is -2.07. The van der Waals surface area contributed by atoms with Crippen LogP contribution in [0.1, 0.15) is 24.5 Å². The van der Waals surface area contributed by atoms with Crippen molar-refractivity contribution in [3.05, 3.63) is 18.1 Å². The summed E-state index contributed by atoms with van der Waals surface area (Å²) < 4.78 is 5.34. The van der Waals surface area contributed by atoms with Gasteiger partial charge in [-0.25, -0.2) is 9.97 Å². The van der Waals surface area contributed by atoms with Gasteiger partial charge in [-0.2, -0.15) is 0 Å². The molecule has 2 N–H and O–H groups in total. The molecule has 0 aromatic carbocycles. The largest absolute Gasteiger partial charge is 0.396 e. The third-order valence-electron chi connectivity index (χ3n) is 2.68. The predicted octanol–water partition coefficient (Wildman–Crippen LogP) is 0.775. The number of hydrogen-bond acceptors (Lipinski definition) is 5. The first-order valence-corrected chi connectivity index (χ1v) is 5.64. The lowest BCUT2D eigenvalue weighted by atomic mass is 10.1. The van der Waals surface area contributed by atoms with E-state index in [0.717, 1.165) is 44.1 Å². The quantitative estimate of drug-likeness (QED) is 0.722. The molecule has 1 aromatic heterocycles. The van der Waals surface area contributed by atoms with Crippen molar-refractivity contribution >= 4 is 5.82 Å². The molecule has 1 aromatic rings. The number of ether oxygens (including phenoxy) is 1. The van der Waals surface area contributed by atoms with Crippen LogP contribution >= 0.6 is 0 Å². The number of rotatable bonds is 5. The molecule has 1 aliphatic heterocycles. The highest BCUT2D eigenvalue weighted by molar-refractivity contribution is 5.35. The number of aromatic nitrogens is 2. The van der Waals surface area contributed by atoms with Crippen LogP contribution in [-0.2, 0) is 4.74 Å². The van der Waals surface area contributed by atoms with Crippen molar-refractivity contribution < 1.29 is 9.84 Å². The molecular formula is C11H17N3O2. The molecular weight excluding hydrogens is 206 g/mol. The Kier molecular flexibility index (Phi) is 4.07. The second-order valence-electron chi connectivity index (χ2n) is 3.89. The van der Waals surface area contributed by atoms with E-state index in [4.69, 9.17) is 9.84 Å². The van der Waals surface area contributed by atoms with Gasteiger partial charge in [0.15, 0.2) is 0 Å². The summed E-state index contributed by atoms with van der Waals surface area (Å²) in [5.41, 5.74) is 1.04. The molecule has 1 unspecified atom stereocenters. The van der Waals surface area contributed by atoms with E-state index in [-0.39, 0.29) is 6.61 Å². The highest BCUT2D eigenvalue weighted by Gasteiger charge is 2.19. The summed E-state index contributed by atoms with van der Waals surface area (Å²) >= 11 is 0. The van der Waals surface area contributed by atoms with E-state index in [2.05, 4.69) is 15.3 Å². The van der Waals surface area contributed by atoms with Gasteiger partial charge in [0, 0.05) is 31.7 Å². The topological polar surface area (TPSA) is 67.3 Å². The average molecular weight is 223 g/mol. The monoisotopic (exact) mass is 223 g/mol. The molecule has 0 aliphatic carbocycles. The van der Waals surface area contributed by atoms with Crippen molar-refractivity contribution in [1.82, 2.24) is 9.97 Å². The van der Waals surface area contributed by atoms with Crippen LogP contribution in [0.5, 0.6) is 0 Å². The molecule has 1 aliphatic rings. The summed E-state index contributed by atoms with van der Waals surface area (Å²) in [6.45, 7) is 2.50. The maximum Gasteiger partial charge on any atom is 0.129 e. The molecule has 2 rings (SSSR count). The Morgan fingerprint density at radius 2 is 2.44 bits per heavy atom. The Labute approximate surface area is 94.9 Å². The zero-order valence-electron chi connectivity index (χ0n) is 9.22. The fourth-order valence-electron chi connectivity index (χ4n) is 1.76. The Hall–Kier alpha value is -1.20. The normalized spacial score (nSPS) is 19.9. The number of nitrogens with zero attached hydrogens (tertiary/aromatic N) is 2. The van der Waals surface area contributed by atoms with Gasteiger partial charge in [0.05, 0.1) is 12.3 Å². The van der Waals surface area contributed by atoms with Crippen LogP contribution < -0.4 is 5.32 Å². The molecule has 1 saturated heterocycles. The van der Waals surface area contributed by atoms with Crippen molar-refractivity contribution in [2.45, 2.75) is 18.8 Å². The van der Waals surface area contributed by atoms with Crippen LogP contribution in [0.3, 0.4) is 0 Å². The van der Waals surface area contributed by atoms with E-state index in [1.807, 2.05) is 6.07 Å². The summed E-state index contributed by atoms with van der Waals surface area (Å²) in [7, 11) is 0. The second-order valence-corrected chi connectivity index (χ2v) is 3.89. The minimum atomic E-state index is 0.196. The molecule has 0 saturated carbocycles. The predicted molar refractivity (Wildman–Crippen MR) is 60.4 cm³/mol. The smallest absolute Gasteiger partial charge is 0.129 e. The van der Waals surface area contributed by atoms with Gasteiger partial charge in [0.25, 0.3) is 0 Å². The van der Waals surface area contributed by atoms with E-state index in [9.17, 15) is 0 Å². The van der Waals surface area contributed by atoms with E-state index in [0.29, 0.717) is 5.92 Å². The number of nitrogens with one attached hydrogen (secondary N) is 1. The van der Waals surface area contributed by atoms with E-state index < -0.39 is 0 Å². The van der Waals surface area contributed by atoms with Gasteiger partial charge >= 0.3 is 0 Å². The maximum absolute atomic E-state index is 8.68. The lowest BCUT2D eigenvalue weighted by molar-refractivity contribution is 0.193. The van der Waals surface area contributed by atoms with Gasteiger partial charge in [-0.15, -0.1) is 0 Å². The third kappa shape index (κ3) is 2.90. The summed E-state index contributed by atoms with van der Waals surface area (Å²) in [5, 5.41) is 11.8. The Balaban J connectivity index is 1.95. The van der Waals surface area contributed by atoms with Crippen LogP contribution in [0.25, 0.3) is 0 Å². The van der Waals surface area contributed by atoms with Gasteiger partial charge in [0.2, 0.25) is 0 Å². The molecule has 1 atom stereocenters. The van der Waals surface area contributed by atoms with E-state index in [1.165, 1.54) is 0 Å². The third-order valence-corrected chi connectivity index (χ3v) is 2.68. The fourth-order valence-corrected chi connectivity index (χ4v) is 1.76. The summed E-state index contributed by atoms with van der Waals surface area (Å²) in [5.74, 6) is 1.23. The Morgan fingerprint density at radius 1 is 1.50 bits per heavy atom. The average Bonchev–Trinajstić information content (AvgIpc) is 2.83. The highest BCUT2D eigenvalue weighted by atomic mass is 16.5. The van der Waals surface area contributed by atoms with Crippen LogP contribution in [0.2, 0.25) is 0 Å². The summed E-state index contributed by atoms with van der Waals surface area (Å²) in [6, 6.07) is 1.97. The Morgan fingerprint density at radius 3 is 3.19 bits per heavy atom. The van der Waals surface area contributed by atoms with Crippen LogP contribution in [-0.4, -0.2) is 41.4 Å². The number of aliphatic hydroxyl groups excluding tert-OH is 1. The standard InChI is InChI=1S/C11H17N3O2/c15-4-1-3-12-11-6-10(13-8-14-11)9-2-5-16-7-9/h6,8-9,15H,1-5,7H2,(H,12,13,14). The molecule has 0 bridgehead atoms. The molecule has 16 heavy (non-hydrogen) atoms. The molecule has 0 spiro atoms. The minimum Gasteiger partial charge on any atom is -0.396 e. The minimum absolute atomic E-state index is 0.196. The second kappa shape index (κ2) is 5.77. The van der Waals surface area contributed by atoms with Crippen molar-refractivity contribution in [2.24, 2.45) is 0 Å². The van der Waals surface area contributed by atoms with Gasteiger partial charge in [-0.3, -0.25) is 0 Å². The molecule has 5 heteroatoms. The molecule has 5 nitrogen and oxygen atoms in total. The van der Waals surface area contributed by atoms with Crippen LogP contribution in [0.15, 0.2) is 12.4 Å². The number of aliphatic hydroxyl groups is 1. The molecule has 88 valence electrons. The summed E-state index contributed by atoms with van der Waals surface area (Å²) in [6.07, 6.45) is 3.34. The Bertz CT molecular complexity index is 327. The molecule has 1 fully saturated rings. The maximum atomic E-state index is 8.68. The zero-order chi connectivity index (χ0) is 11.2. The van der Waals surface area contributed by atoms with Crippen molar-refractivity contribution in [1.29, 1.82) is 0 Å². The molecule has 0 radical (unpaired) electrons. The van der Waals surface area contributed by atoms with Crippen molar-refractivity contribution in [3.8, 4) is 0 Å². The summed E-state index contributed by atoms with van der Waals surface area (Å²) in [4.78, 5) is 8.41. The van der Waals surface area contributed by atoms with E-state index >= 15 is 0 Å². The fraction of sp³-hybridized carbons (Fsp3) is 0.636. The van der Waals surface area contributed by atoms with Gasteiger partial charge in [-0.1, -0.05) is 0 Å².